The van der Waals surface area contributed by atoms with Gasteiger partial charge < -0.3 is 20.2 Å². The van der Waals surface area contributed by atoms with Gasteiger partial charge in [0.05, 0.1) is 19.3 Å². The van der Waals surface area contributed by atoms with E-state index in [1.807, 2.05) is 12.1 Å². The second kappa shape index (κ2) is 27.0. The third kappa shape index (κ3) is 22.5. The summed E-state index contributed by atoms with van der Waals surface area (Å²) in [6, 6.07) is 13.2. The number of aryl methyl sites for hydroxylation is 1. The quantitative estimate of drug-likeness (QED) is 0.137. The van der Waals surface area contributed by atoms with E-state index >= 15 is 0 Å². The van der Waals surface area contributed by atoms with Crippen LogP contribution in [0.3, 0.4) is 0 Å². The summed E-state index contributed by atoms with van der Waals surface area (Å²) in [5.74, 6) is 14.4. The Morgan fingerprint density at radius 3 is 2.18 bits per heavy atom. The molecule has 4 nitrogen and oxygen atoms in total. The number of rotatable bonds is 11. The normalized spacial score (nSPS) is 15.4. The zero-order valence-corrected chi connectivity index (χ0v) is 33.0. The molecule has 3 rings (SSSR count). The SMILES string of the molecule is C=S1CCC(Nc2cccc(C)c2/C=C(\C)C#CCNc2ccc(SC)cc2OC)CC1.CCC(F)(F)F.CCCC.CCCCC(C)=O. The molecule has 2 N–H and O–H groups in total. The van der Waals surface area contributed by atoms with Crippen LogP contribution < -0.4 is 15.4 Å². The first kappa shape index (κ1) is 46.2. The molecule has 1 fully saturated rings. The number of halogens is 3. The van der Waals surface area contributed by atoms with Crippen molar-refractivity contribution < 1.29 is 22.7 Å². The second-order valence-electron chi connectivity index (χ2n) is 11.8. The van der Waals surface area contributed by atoms with Crippen LogP contribution in [0, 0.1) is 18.8 Å². The summed E-state index contributed by atoms with van der Waals surface area (Å²) in [7, 11) is 2.05. The molecule has 0 radical (unpaired) electrons. The van der Waals surface area contributed by atoms with E-state index in [0.717, 1.165) is 43.2 Å². The lowest BCUT2D eigenvalue weighted by Gasteiger charge is -2.27. The average molecular weight is 723 g/mol. The number of hydrogen-bond donors (Lipinski definition) is 2. The maximum absolute atomic E-state index is 10.8. The Morgan fingerprint density at radius 2 is 1.69 bits per heavy atom. The Balaban J connectivity index is 0.00000112. The summed E-state index contributed by atoms with van der Waals surface area (Å²) in [4.78, 5) is 11.4. The predicted octanol–water partition coefficient (Wildman–Crippen LogP) is 12.1. The number of alkyl halides is 3. The van der Waals surface area contributed by atoms with Crippen LogP contribution in [0.5, 0.6) is 5.75 Å². The molecule has 1 saturated heterocycles. The molecule has 9 heteroatoms. The third-order valence-electron chi connectivity index (χ3n) is 7.40. The molecule has 1 aliphatic rings. The smallest absolute Gasteiger partial charge is 0.388 e. The van der Waals surface area contributed by atoms with E-state index in [-0.39, 0.29) is 0 Å². The average Bonchev–Trinajstić information content (AvgIpc) is 3.08. The van der Waals surface area contributed by atoms with Crippen LogP contribution in [0.1, 0.15) is 104 Å². The predicted molar refractivity (Wildman–Crippen MR) is 214 cm³/mol. The minimum atomic E-state index is -3.96. The molecular weight excluding hydrogens is 662 g/mol. The Labute approximate surface area is 302 Å². The first-order valence-electron chi connectivity index (χ1n) is 17.3. The Morgan fingerprint density at radius 1 is 1.06 bits per heavy atom. The second-order valence-corrected chi connectivity index (χ2v) is 14.7. The summed E-state index contributed by atoms with van der Waals surface area (Å²) in [6.07, 6.45) is 7.56. The number of nitrogens with one attached hydrogen (secondary N) is 2. The number of unbranched alkanes of at least 4 members (excludes halogenated alkanes) is 2. The van der Waals surface area contributed by atoms with E-state index in [1.54, 1.807) is 25.8 Å². The van der Waals surface area contributed by atoms with Gasteiger partial charge in [-0.2, -0.15) is 23.7 Å². The highest BCUT2D eigenvalue weighted by atomic mass is 32.2. The number of methoxy groups -OCH3 is 1. The summed E-state index contributed by atoms with van der Waals surface area (Å²) < 4.78 is 37.8. The lowest BCUT2D eigenvalue weighted by atomic mass is 10.0. The number of anilines is 2. The first-order chi connectivity index (χ1) is 23.2. The Kier molecular flexibility index (Phi) is 25.4. The summed E-state index contributed by atoms with van der Waals surface area (Å²) >= 11 is 1.70. The van der Waals surface area contributed by atoms with Crippen molar-refractivity contribution >= 4 is 51.4 Å². The molecule has 0 bridgehead atoms. The van der Waals surface area contributed by atoms with E-state index in [0.29, 0.717) is 28.9 Å². The minimum Gasteiger partial charge on any atom is -0.495 e. The monoisotopic (exact) mass is 722 g/mol. The fourth-order valence-electron chi connectivity index (χ4n) is 4.17. The molecule has 0 amide bonds. The van der Waals surface area contributed by atoms with Gasteiger partial charge in [0, 0.05) is 35.0 Å². The number of carbonyl (C=O) groups is 1. The van der Waals surface area contributed by atoms with Crippen LogP contribution in [0.25, 0.3) is 6.08 Å². The number of ether oxygens (including phenoxy) is 1. The molecule has 1 aliphatic heterocycles. The Bertz CT molecular complexity index is 1340. The van der Waals surface area contributed by atoms with Crippen molar-refractivity contribution in [1.29, 1.82) is 0 Å². The lowest BCUT2D eigenvalue weighted by Crippen LogP contribution is -2.25. The van der Waals surface area contributed by atoms with Crippen LogP contribution >= 0.6 is 22.2 Å². The van der Waals surface area contributed by atoms with Gasteiger partial charge in [-0.3, -0.25) is 0 Å². The summed E-state index contributed by atoms with van der Waals surface area (Å²) in [5.41, 5.74) is 5.72. The van der Waals surface area contributed by atoms with Gasteiger partial charge in [-0.05, 0) is 99.3 Å². The van der Waals surface area contributed by atoms with Gasteiger partial charge in [0.15, 0.2) is 0 Å². The number of allylic oxidation sites excluding steroid dienone is 1. The van der Waals surface area contributed by atoms with E-state index < -0.39 is 12.6 Å². The van der Waals surface area contributed by atoms with Gasteiger partial charge in [0.2, 0.25) is 0 Å². The number of ketones is 1. The van der Waals surface area contributed by atoms with E-state index in [4.69, 9.17) is 4.74 Å². The van der Waals surface area contributed by atoms with Crippen LogP contribution in [-0.2, 0) is 4.79 Å². The van der Waals surface area contributed by atoms with Gasteiger partial charge in [-0.15, -0.1) is 11.8 Å². The van der Waals surface area contributed by atoms with Crippen LogP contribution in [0.15, 0.2) is 46.9 Å². The van der Waals surface area contributed by atoms with Crippen molar-refractivity contribution in [3.8, 4) is 17.6 Å². The molecule has 49 heavy (non-hydrogen) atoms. The van der Waals surface area contributed by atoms with Crippen LogP contribution in [-0.4, -0.2) is 55.3 Å². The highest BCUT2D eigenvalue weighted by molar-refractivity contribution is 8.14. The fourth-order valence-corrected chi connectivity index (χ4v) is 6.04. The van der Waals surface area contributed by atoms with Crippen molar-refractivity contribution in [1.82, 2.24) is 0 Å². The van der Waals surface area contributed by atoms with E-state index in [2.05, 4.69) is 99.6 Å². The Hall–Kier alpha value is -2.83. The largest absolute Gasteiger partial charge is 0.495 e. The van der Waals surface area contributed by atoms with Gasteiger partial charge in [-0.25, -0.2) is 0 Å². The maximum atomic E-state index is 10.8. The summed E-state index contributed by atoms with van der Waals surface area (Å²) in [6.45, 7) is 14.0. The van der Waals surface area contributed by atoms with Gasteiger partial charge >= 0.3 is 6.18 Å². The van der Waals surface area contributed by atoms with Gasteiger partial charge in [0.1, 0.15) is 11.5 Å². The van der Waals surface area contributed by atoms with E-state index in [9.17, 15) is 18.0 Å². The molecule has 0 spiro atoms. The van der Waals surface area contributed by atoms with Crippen LogP contribution in [0.2, 0.25) is 0 Å². The highest BCUT2D eigenvalue weighted by Gasteiger charge is 2.22. The first-order valence-corrected chi connectivity index (χ1v) is 20.2. The van der Waals surface area contributed by atoms with Gasteiger partial charge in [0.25, 0.3) is 0 Å². The molecule has 0 saturated carbocycles. The number of hydrogen-bond acceptors (Lipinski definition) is 5. The molecule has 2 aromatic rings. The molecule has 0 atom stereocenters. The lowest BCUT2D eigenvalue weighted by molar-refractivity contribution is -0.130. The van der Waals surface area contributed by atoms with Crippen molar-refractivity contribution in [3.63, 3.8) is 0 Å². The molecule has 276 valence electrons. The topological polar surface area (TPSA) is 50.4 Å². The highest BCUT2D eigenvalue weighted by Crippen LogP contribution is 2.30. The summed E-state index contributed by atoms with van der Waals surface area (Å²) in [5, 5.41) is 7.15. The van der Waals surface area contributed by atoms with Crippen LogP contribution in [0.4, 0.5) is 24.5 Å². The fraction of sp³-hybridized carbons (Fsp3) is 0.550. The van der Waals surface area contributed by atoms with Gasteiger partial charge in [-0.1, -0.05) is 76.8 Å². The maximum Gasteiger partial charge on any atom is 0.388 e. The molecule has 2 aromatic carbocycles. The molecular formula is C40H61F3N2O2S2. The van der Waals surface area contributed by atoms with E-state index in [1.165, 1.54) is 58.9 Å². The standard InChI is InChI=1S/C27H34N2OS2.C6H12O.C4H10.C3H5F3/c1-20(8-7-15-28-26-12-11-23(31-4)19-27(26)30-3)18-24-21(2)9-6-10-25(24)29-22-13-16-32(5)17-14-22;1-3-4-5-6(2)7;1-3-4-2;1-2-3(4,5)6/h6,9-12,18-19,22,28-29H,5,13-17H2,1-4H3;3-5H2,1-2H3;3-4H2,1-2H3;2H2,1H3/b20-18+;;;. The van der Waals surface area contributed by atoms with Crippen molar-refractivity contribution in [3.05, 3.63) is 53.1 Å². The number of carbonyl (C=O) groups excluding carboxylic acids is 1. The van der Waals surface area contributed by atoms with Crippen molar-refractivity contribution in [2.24, 2.45) is 0 Å². The zero-order valence-electron chi connectivity index (χ0n) is 31.4. The van der Waals surface area contributed by atoms with Crippen molar-refractivity contribution in [2.45, 2.75) is 117 Å². The molecule has 0 aromatic heterocycles. The molecule has 0 unspecified atom stereocenters. The van der Waals surface area contributed by atoms with Crippen molar-refractivity contribution in [2.75, 3.05) is 42.0 Å². The zero-order chi connectivity index (χ0) is 37.2. The number of Topliss-reactive ketones (excluding diaryl/α,β-unsaturated/α-hetero) is 1. The minimum absolute atomic E-state index is 0.307. The molecule has 1 heterocycles. The third-order valence-corrected chi connectivity index (χ3v) is 9.75. The molecule has 0 aliphatic carbocycles. The number of benzene rings is 2. The number of thioether (sulfide) groups is 1.